The number of nitrogens with one attached hydrogen (secondary N) is 3. The molecule has 0 bridgehead atoms. The van der Waals surface area contributed by atoms with E-state index in [4.69, 9.17) is 0 Å². The van der Waals surface area contributed by atoms with Crippen molar-refractivity contribution in [2.24, 2.45) is 0 Å². The summed E-state index contributed by atoms with van der Waals surface area (Å²) < 4.78 is 89.0. The molecular formula is C25H30F7N7O3. The van der Waals surface area contributed by atoms with E-state index in [1.165, 1.54) is 6.20 Å². The highest BCUT2D eigenvalue weighted by molar-refractivity contribution is 5.91. The third-order valence-corrected chi connectivity index (χ3v) is 6.03. The molecule has 10 nitrogen and oxygen atoms in total. The average molecular weight is 610 g/mol. The summed E-state index contributed by atoms with van der Waals surface area (Å²) in [5.41, 5.74) is 1.83. The Balaban J connectivity index is 0.000000521. The van der Waals surface area contributed by atoms with Crippen LogP contribution >= 0.6 is 0 Å². The van der Waals surface area contributed by atoms with Gasteiger partial charge in [-0.2, -0.15) is 31.8 Å². The first-order valence-electron chi connectivity index (χ1n) is 13.1. The largest absolute Gasteiger partial charge is 0.389 e. The summed E-state index contributed by atoms with van der Waals surface area (Å²) in [6.45, 7) is -3.19. The number of benzene rings is 1. The number of fused-ring (bicyclic) bond motifs is 1. The number of aromatic nitrogens is 5. The fourth-order valence-electron chi connectivity index (χ4n) is 3.90. The van der Waals surface area contributed by atoms with Crippen LogP contribution < -0.4 is 10.6 Å². The van der Waals surface area contributed by atoms with Gasteiger partial charge in [0.05, 0.1) is 43.3 Å². The van der Waals surface area contributed by atoms with Gasteiger partial charge in [-0.05, 0) is 30.5 Å². The highest BCUT2D eigenvalue weighted by Crippen LogP contribution is 2.32. The van der Waals surface area contributed by atoms with Crippen LogP contribution in [-0.2, 0) is 29.2 Å². The van der Waals surface area contributed by atoms with Gasteiger partial charge in [0.2, 0.25) is 11.8 Å². The van der Waals surface area contributed by atoms with Crippen LogP contribution in [0.5, 0.6) is 0 Å². The Morgan fingerprint density at radius 2 is 1.83 bits per heavy atom. The zero-order valence-electron chi connectivity index (χ0n) is 22.3. The number of nitrogens with zero attached hydrogens (tertiary/aromatic N) is 4. The Hall–Kier alpha value is -3.76. The molecule has 232 valence electrons. The molecule has 0 radical (unpaired) electrons. The monoisotopic (exact) mass is 609 g/mol. The zero-order chi connectivity index (χ0) is 30.8. The van der Waals surface area contributed by atoms with Gasteiger partial charge in [0.1, 0.15) is 5.82 Å². The maximum Gasteiger partial charge on any atom is 0.389 e. The number of hydrogen-bond acceptors (Lipinski definition) is 6. The lowest BCUT2D eigenvalue weighted by atomic mass is 9.97. The molecule has 1 aromatic carbocycles. The molecule has 2 aromatic heterocycles. The van der Waals surface area contributed by atoms with Crippen molar-refractivity contribution in [2.45, 2.75) is 83.3 Å². The molecule has 1 aliphatic carbocycles. The molecule has 0 saturated heterocycles. The Labute approximate surface area is 235 Å². The van der Waals surface area contributed by atoms with Crippen molar-refractivity contribution < 1.29 is 45.1 Å². The minimum Gasteiger partial charge on any atom is -0.352 e. The van der Waals surface area contributed by atoms with Crippen LogP contribution in [0.3, 0.4) is 0 Å². The maximum atomic E-state index is 12.2. The van der Waals surface area contributed by atoms with Crippen molar-refractivity contribution in [2.75, 3.05) is 6.61 Å². The second-order valence-electron chi connectivity index (χ2n) is 9.48. The second-order valence-corrected chi connectivity index (χ2v) is 9.48. The number of rotatable bonds is 11. The van der Waals surface area contributed by atoms with Crippen molar-refractivity contribution in [3.05, 3.63) is 41.5 Å². The summed E-state index contributed by atoms with van der Waals surface area (Å²) in [6.07, 6.45) is -2.37. The van der Waals surface area contributed by atoms with E-state index in [0.717, 1.165) is 11.2 Å². The molecule has 4 rings (SSSR count). The Morgan fingerprint density at radius 1 is 1.10 bits per heavy atom. The molecular weight excluding hydrogens is 579 g/mol. The number of aromatic amines is 1. The quantitative estimate of drug-likeness (QED) is 0.267. The number of halogens is 7. The highest BCUT2D eigenvalue weighted by Gasteiger charge is 2.30. The van der Waals surface area contributed by atoms with Gasteiger partial charge in [-0.25, -0.2) is 13.8 Å². The summed E-state index contributed by atoms with van der Waals surface area (Å²) in [6, 6.07) is 5.03. The minimum absolute atomic E-state index is 0.0169. The molecule has 2 heterocycles. The van der Waals surface area contributed by atoms with Gasteiger partial charge < -0.3 is 20.4 Å². The molecule has 2 amide bonds. The first-order chi connectivity index (χ1) is 19.8. The lowest BCUT2D eigenvalue weighted by Gasteiger charge is -2.20. The van der Waals surface area contributed by atoms with Crippen molar-refractivity contribution in [3.63, 3.8) is 0 Å². The number of amides is 2. The normalized spacial score (nSPS) is 14.9. The molecule has 1 fully saturated rings. The summed E-state index contributed by atoms with van der Waals surface area (Å²) in [5.74, 6) is -3.15. The van der Waals surface area contributed by atoms with Gasteiger partial charge in [0.25, 0.3) is 5.91 Å². The molecule has 3 N–H and O–H groups in total. The summed E-state index contributed by atoms with van der Waals surface area (Å²) >= 11 is 0. The standard InChI is InChI=1S/C19H20F5N7O3.C6H10F2/c20-18(21)34-6-5-31-27-9-14(30-31)17(33)26-10-15-28-12-2-1-11(7-13(12)29-15)8-25-16(32)3-4-19(22,23)24;7-6(8)4-2-1-3-5-6/h1-2,7,9,18H,3-6,8,10H2,(H,25,32)(H,26,33)(H,28,29);1-5H2. The molecule has 0 unspecified atom stereocenters. The number of ether oxygens (including phenoxy) is 1. The Morgan fingerprint density at radius 3 is 2.48 bits per heavy atom. The van der Waals surface area contributed by atoms with Crippen LogP contribution in [-0.4, -0.2) is 62.1 Å². The van der Waals surface area contributed by atoms with E-state index in [9.17, 15) is 40.3 Å². The summed E-state index contributed by atoms with van der Waals surface area (Å²) in [4.78, 5) is 32.2. The fraction of sp³-hybridized carbons (Fsp3) is 0.560. The number of alkyl halides is 7. The number of carbonyl (C=O) groups is 2. The Bertz CT molecular complexity index is 1300. The minimum atomic E-state index is -4.39. The number of imidazole rings is 1. The van der Waals surface area contributed by atoms with E-state index in [1.54, 1.807) is 18.2 Å². The van der Waals surface area contributed by atoms with Gasteiger partial charge in [-0.15, -0.1) is 5.10 Å². The van der Waals surface area contributed by atoms with E-state index in [1.807, 2.05) is 0 Å². The van der Waals surface area contributed by atoms with Crippen LogP contribution in [0.1, 0.15) is 66.8 Å². The van der Waals surface area contributed by atoms with E-state index in [0.29, 0.717) is 35.3 Å². The fourth-order valence-corrected chi connectivity index (χ4v) is 3.90. The predicted octanol–water partition coefficient (Wildman–Crippen LogP) is 4.87. The molecule has 42 heavy (non-hydrogen) atoms. The molecule has 1 aliphatic rings. The van der Waals surface area contributed by atoms with Gasteiger partial charge in [-0.3, -0.25) is 9.59 Å². The van der Waals surface area contributed by atoms with Crippen molar-refractivity contribution in [1.29, 1.82) is 0 Å². The van der Waals surface area contributed by atoms with Crippen molar-refractivity contribution >= 4 is 22.8 Å². The second kappa shape index (κ2) is 14.9. The highest BCUT2D eigenvalue weighted by atomic mass is 19.4. The lowest BCUT2D eigenvalue weighted by molar-refractivity contribution is -0.144. The molecule has 1 saturated carbocycles. The third kappa shape index (κ3) is 11.6. The van der Waals surface area contributed by atoms with Gasteiger partial charge in [-0.1, -0.05) is 12.5 Å². The zero-order valence-corrected chi connectivity index (χ0v) is 22.3. The SMILES string of the molecule is FC1(F)CCCCC1.O=C(CCC(F)(F)F)NCc1ccc2nc(CNC(=O)c3cnn(CCOC(F)F)n3)[nH]c2c1. The topological polar surface area (TPSA) is 127 Å². The van der Waals surface area contributed by atoms with Crippen LogP contribution in [0.2, 0.25) is 0 Å². The van der Waals surface area contributed by atoms with Gasteiger partial charge >= 0.3 is 12.8 Å². The van der Waals surface area contributed by atoms with E-state index < -0.39 is 43.4 Å². The molecule has 3 aromatic rings. The number of hydrogen-bond donors (Lipinski definition) is 3. The van der Waals surface area contributed by atoms with Crippen molar-refractivity contribution in [3.8, 4) is 0 Å². The van der Waals surface area contributed by atoms with Crippen LogP contribution in [0, 0.1) is 0 Å². The number of carbonyl (C=O) groups excluding carboxylic acids is 2. The average Bonchev–Trinajstić information content (AvgIpc) is 3.55. The summed E-state index contributed by atoms with van der Waals surface area (Å²) in [7, 11) is 0. The first kappa shape index (κ1) is 32.8. The van der Waals surface area contributed by atoms with Crippen LogP contribution in [0.25, 0.3) is 11.0 Å². The van der Waals surface area contributed by atoms with E-state index >= 15 is 0 Å². The van der Waals surface area contributed by atoms with Gasteiger partial charge in [0, 0.05) is 25.8 Å². The van der Waals surface area contributed by atoms with Crippen molar-refractivity contribution in [1.82, 2.24) is 35.6 Å². The number of H-pyrrole nitrogens is 1. The lowest BCUT2D eigenvalue weighted by Crippen LogP contribution is -2.24. The molecule has 0 atom stereocenters. The first-order valence-corrected chi connectivity index (χ1v) is 13.1. The maximum absolute atomic E-state index is 12.2. The van der Waals surface area contributed by atoms with Crippen LogP contribution in [0.15, 0.2) is 24.4 Å². The van der Waals surface area contributed by atoms with Gasteiger partial charge in [0.15, 0.2) is 5.69 Å². The molecule has 0 spiro atoms. The van der Waals surface area contributed by atoms with E-state index in [-0.39, 0.29) is 44.8 Å². The summed E-state index contributed by atoms with van der Waals surface area (Å²) in [5, 5.41) is 12.7. The van der Waals surface area contributed by atoms with Crippen LogP contribution in [0.4, 0.5) is 30.7 Å². The molecule has 0 aliphatic heterocycles. The third-order valence-electron chi connectivity index (χ3n) is 6.03. The smallest absolute Gasteiger partial charge is 0.352 e. The molecule has 17 heteroatoms. The predicted molar refractivity (Wildman–Crippen MR) is 134 cm³/mol. The van der Waals surface area contributed by atoms with E-state index in [2.05, 4.69) is 35.5 Å². The Kier molecular flexibility index (Phi) is 11.6.